The number of fused-ring (bicyclic) bond motifs is 1. The van der Waals surface area contributed by atoms with Gasteiger partial charge in [0.2, 0.25) is 0 Å². The van der Waals surface area contributed by atoms with Gasteiger partial charge < -0.3 is 14.8 Å². The molecule has 0 saturated carbocycles. The van der Waals surface area contributed by atoms with Crippen LogP contribution in [0.3, 0.4) is 0 Å². The number of ether oxygens (including phenoxy) is 2. The molecule has 4 nitrogen and oxygen atoms in total. The fraction of sp³-hybridized carbons (Fsp3) is 0.0800. The number of nitrogens with one attached hydrogen (secondary N) is 1. The van der Waals surface area contributed by atoms with Gasteiger partial charge in [-0.3, -0.25) is 4.79 Å². The van der Waals surface area contributed by atoms with Gasteiger partial charge in [0.25, 0.3) is 5.91 Å². The van der Waals surface area contributed by atoms with Gasteiger partial charge in [-0.25, -0.2) is 0 Å². The minimum absolute atomic E-state index is 0.193. The Morgan fingerprint density at radius 1 is 0.828 bits per heavy atom. The van der Waals surface area contributed by atoms with Crippen LogP contribution in [-0.2, 0) is 6.61 Å². The van der Waals surface area contributed by atoms with Gasteiger partial charge >= 0.3 is 0 Å². The smallest absolute Gasteiger partial charge is 0.255 e. The van der Waals surface area contributed by atoms with E-state index in [2.05, 4.69) is 17.4 Å². The van der Waals surface area contributed by atoms with Crippen molar-refractivity contribution >= 4 is 22.4 Å². The van der Waals surface area contributed by atoms with Gasteiger partial charge in [-0.2, -0.15) is 0 Å². The topological polar surface area (TPSA) is 47.6 Å². The Kier molecular flexibility index (Phi) is 5.43. The normalized spacial score (nSPS) is 10.5. The standard InChI is InChI=1S/C25H21NO3/c1-28-24-12-5-4-11-23(24)26-25(27)21-10-6-7-18(15-21)17-29-22-14-13-19-8-2-3-9-20(19)16-22/h2-16H,17H2,1H3,(H,26,27). The fourth-order valence-electron chi connectivity index (χ4n) is 3.17. The highest BCUT2D eigenvalue weighted by atomic mass is 16.5. The van der Waals surface area contributed by atoms with Crippen LogP contribution >= 0.6 is 0 Å². The molecule has 0 saturated heterocycles. The first-order valence-electron chi connectivity index (χ1n) is 9.38. The molecular formula is C25H21NO3. The average molecular weight is 383 g/mol. The van der Waals surface area contributed by atoms with E-state index in [4.69, 9.17) is 9.47 Å². The van der Waals surface area contributed by atoms with Crippen molar-refractivity contribution in [3.05, 3.63) is 102 Å². The van der Waals surface area contributed by atoms with E-state index in [1.807, 2.05) is 72.8 Å². The molecule has 0 aliphatic heterocycles. The maximum absolute atomic E-state index is 12.6. The molecule has 0 aliphatic carbocycles. The molecule has 0 radical (unpaired) electrons. The molecule has 4 aromatic rings. The van der Waals surface area contributed by atoms with Gasteiger partial charge in [-0.15, -0.1) is 0 Å². The molecule has 4 heteroatoms. The third-order valence-corrected chi connectivity index (χ3v) is 4.67. The zero-order valence-corrected chi connectivity index (χ0v) is 16.1. The molecule has 4 aromatic carbocycles. The minimum Gasteiger partial charge on any atom is -0.495 e. The largest absolute Gasteiger partial charge is 0.495 e. The van der Waals surface area contributed by atoms with E-state index >= 15 is 0 Å². The number of carbonyl (C=O) groups excluding carboxylic acids is 1. The van der Waals surface area contributed by atoms with E-state index in [1.165, 1.54) is 5.39 Å². The predicted molar refractivity (Wildman–Crippen MR) is 116 cm³/mol. The number of para-hydroxylation sites is 2. The fourth-order valence-corrected chi connectivity index (χ4v) is 3.17. The van der Waals surface area contributed by atoms with E-state index < -0.39 is 0 Å². The van der Waals surface area contributed by atoms with Crippen molar-refractivity contribution in [3.63, 3.8) is 0 Å². The summed E-state index contributed by atoms with van der Waals surface area (Å²) < 4.78 is 11.2. The minimum atomic E-state index is -0.193. The van der Waals surface area contributed by atoms with E-state index in [9.17, 15) is 4.79 Å². The third-order valence-electron chi connectivity index (χ3n) is 4.67. The molecule has 1 N–H and O–H groups in total. The molecule has 0 aromatic heterocycles. The molecule has 0 fully saturated rings. The maximum atomic E-state index is 12.6. The Morgan fingerprint density at radius 3 is 2.48 bits per heavy atom. The summed E-state index contributed by atoms with van der Waals surface area (Å²) in [6.45, 7) is 0.383. The summed E-state index contributed by atoms with van der Waals surface area (Å²) in [6, 6.07) is 28.9. The lowest BCUT2D eigenvalue weighted by Gasteiger charge is -2.11. The second-order valence-corrected chi connectivity index (χ2v) is 6.65. The second kappa shape index (κ2) is 8.48. The molecule has 144 valence electrons. The average Bonchev–Trinajstić information content (AvgIpc) is 2.78. The number of anilines is 1. The highest BCUT2D eigenvalue weighted by molar-refractivity contribution is 6.05. The molecule has 29 heavy (non-hydrogen) atoms. The van der Waals surface area contributed by atoms with Crippen molar-refractivity contribution in [1.29, 1.82) is 0 Å². The van der Waals surface area contributed by atoms with Crippen molar-refractivity contribution < 1.29 is 14.3 Å². The number of amides is 1. The van der Waals surface area contributed by atoms with E-state index in [-0.39, 0.29) is 5.91 Å². The van der Waals surface area contributed by atoms with Crippen LogP contribution in [0.5, 0.6) is 11.5 Å². The molecule has 0 unspecified atom stereocenters. The van der Waals surface area contributed by atoms with Crippen molar-refractivity contribution in [2.45, 2.75) is 6.61 Å². The number of benzene rings is 4. The van der Waals surface area contributed by atoms with E-state index in [1.54, 1.807) is 13.2 Å². The zero-order chi connectivity index (χ0) is 20.1. The Bertz CT molecular complexity index is 1150. The van der Waals surface area contributed by atoms with Crippen LogP contribution in [0.25, 0.3) is 10.8 Å². The summed E-state index contributed by atoms with van der Waals surface area (Å²) >= 11 is 0. The number of hydrogen-bond acceptors (Lipinski definition) is 3. The number of rotatable bonds is 6. The highest BCUT2D eigenvalue weighted by Gasteiger charge is 2.10. The SMILES string of the molecule is COc1ccccc1NC(=O)c1cccc(COc2ccc3ccccc3c2)c1. The van der Waals surface area contributed by atoms with Gasteiger partial charge in [0, 0.05) is 5.56 Å². The van der Waals surface area contributed by atoms with Gasteiger partial charge in [-0.05, 0) is 52.7 Å². The van der Waals surface area contributed by atoms with Gasteiger partial charge in [-0.1, -0.05) is 54.6 Å². The molecule has 0 heterocycles. The molecule has 0 aliphatic rings. The Balaban J connectivity index is 1.45. The maximum Gasteiger partial charge on any atom is 0.255 e. The first-order chi connectivity index (χ1) is 14.2. The van der Waals surface area contributed by atoms with E-state index in [0.717, 1.165) is 16.7 Å². The van der Waals surface area contributed by atoms with Gasteiger partial charge in [0.1, 0.15) is 18.1 Å². The van der Waals surface area contributed by atoms with Crippen LogP contribution in [-0.4, -0.2) is 13.0 Å². The summed E-state index contributed by atoms with van der Waals surface area (Å²) in [5.74, 6) is 1.23. The lowest BCUT2D eigenvalue weighted by molar-refractivity contribution is 0.102. The Hall–Kier alpha value is -3.79. The first kappa shape index (κ1) is 18.6. The Labute approximate surface area is 169 Å². The number of methoxy groups -OCH3 is 1. The summed E-state index contributed by atoms with van der Waals surface area (Å²) in [5, 5.41) is 5.20. The van der Waals surface area contributed by atoms with Gasteiger partial charge in [0.05, 0.1) is 12.8 Å². The summed E-state index contributed by atoms with van der Waals surface area (Å²) in [6.07, 6.45) is 0. The van der Waals surface area contributed by atoms with E-state index in [0.29, 0.717) is 23.6 Å². The van der Waals surface area contributed by atoms with Crippen molar-refractivity contribution in [2.24, 2.45) is 0 Å². The lowest BCUT2D eigenvalue weighted by atomic mass is 10.1. The molecule has 0 spiro atoms. The van der Waals surface area contributed by atoms with Crippen LogP contribution in [0.1, 0.15) is 15.9 Å². The monoisotopic (exact) mass is 383 g/mol. The highest BCUT2D eigenvalue weighted by Crippen LogP contribution is 2.24. The molecule has 0 bridgehead atoms. The quantitative estimate of drug-likeness (QED) is 0.466. The van der Waals surface area contributed by atoms with Crippen LogP contribution in [0, 0.1) is 0 Å². The number of hydrogen-bond donors (Lipinski definition) is 1. The third kappa shape index (κ3) is 4.38. The first-order valence-corrected chi connectivity index (χ1v) is 9.38. The molecule has 4 rings (SSSR count). The lowest BCUT2D eigenvalue weighted by Crippen LogP contribution is -2.13. The van der Waals surface area contributed by atoms with Crippen LogP contribution < -0.4 is 14.8 Å². The molecule has 0 atom stereocenters. The van der Waals surface area contributed by atoms with Gasteiger partial charge in [0.15, 0.2) is 0 Å². The van der Waals surface area contributed by atoms with Crippen LogP contribution in [0.4, 0.5) is 5.69 Å². The summed E-state index contributed by atoms with van der Waals surface area (Å²) in [7, 11) is 1.58. The van der Waals surface area contributed by atoms with Crippen LogP contribution in [0.2, 0.25) is 0 Å². The second-order valence-electron chi connectivity index (χ2n) is 6.65. The Morgan fingerprint density at radius 2 is 1.62 bits per heavy atom. The molecule has 1 amide bonds. The summed E-state index contributed by atoms with van der Waals surface area (Å²) in [4.78, 5) is 12.6. The van der Waals surface area contributed by atoms with Crippen molar-refractivity contribution in [1.82, 2.24) is 0 Å². The zero-order valence-electron chi connectivity index (χ0n) is 16.1. The number of carbonyl (C=O) groups is 1. The van der Waals surface area contributed by atoms with Crippen LogP contribution in [0.15, 0.2) is 91.0 Å². The van der Waals surface area contributed by atoms with Crippen molar-refractivity contribution in [3.8, 4) is 11.5 Å². The predicted octanol–water partition coefficient (Wildman–Crippen LogP) is 5.68. The summed E-state index contributed by atoms with van der Waals surface area (Å²) in [5.41, 5.74) is 2.12. The molecular weight excluding hydrogens is 362 g/mol. The van der Waals surface area contributed by atoms with Crippen molar-refractivity contribution in [2.75, 3.05) is 12.4 Å².